The minimum absolute atomic E-state index is 0.0807. The normalized spacial score (nSPS) is 19.4. The first-order chi connectivity index (χ1) is 18.3. The number of carbonyl (C=O) groups is 3. The number of hydrogen-bond donors (Lipinski definition) is 1. The number of aryl methyl sites for hydroxylation is 2. The molecule has 2 unspecified atom stereocenters. The van der Waals surface area contributed by atoms with Crippen LogP contribution in [0.15, 0.2) is 23.0 Å². The Labute approximate surface area is 224 Å². The molecule has 4 rings (SSSR count). The number of fused-ring (bicyclic) bond motifs is 1. The third-order valence-corrected chi connectivity index (χ3v) is 7.51. The van der Waals surface area contributed by atoms with Crippen molar-refractivity contribution in [3.63, 3.8) is 0 Å². The van der Waals surface area contributed by atoms with Gasteiger partial charge in [-0.2, -0.15) is 0 Å². The summed E-state index contributed by atoms with van der Waals surface area (Å²) < 4.78 is 8.49. The van der Waals surface area contributed by atoms with E-state index in [0.717, 1.165) is 88.8 Å². The summed E-state index contributed by atoms with van der Waals surface area (Å²) in [5.41, 5.74) is 2.96. The van der Waals surface area contributed by atoms with Gasteiger partial charge < -0.3 is 19.3 Å². The van der Waals surface area contributed by atoms with E-state index in [1.807, 2.05) is 13.0 Å². The summed E-state index contributed by atoms with van der Waals surface area (Å²) in [5, 5.41) is 2.14. The predicted molar refractivity (Wildman–Crippen MR) is 147 cm³/mol. The van der Waals surface area contributed by atoms with Gasteiger partial charge in [-0.05, 0) is 76.7 Å². The van der Waals surface area contributed by atoms with E-state index < -0.39 is 0 Å². The number of likely N-dealkylation sites (N-methyl/N-ethyl adjacent to an activating group) is 1. The number of imide groups is 1. The molecular formula is C28H43N5O5. The highest BCUT2D eigenvalue weighted by Gasteiger charge is 2.18. The van der Waals surface area contributed by atoms with Crippen molar-refractivity contribution in [2.75, 3.05) is 46.4 Å². The Bertz CT molecular complexity index is 1110. The summed E-state index contributed by atoms with van der Waals surface area (Å²) in [7, 11) is 3.96. The predicted octanol–water partition coefficient (Wildman–Crippen LogP) is 1.89. The number of nitrogens with one attached hydrogen (secondary N) is 1. The summed E-state index contributed by atoms with van der Waals surface area (Å²) in [5.74, 6) is -0.326. The average Bonchev–Trinajstić information content (AvgIpc) is 3.18. The number of rotatable bonds is 10. The molecule has 0 radical (unpaired) electrons. The van der Waals surface area contributed by atoms with E-state index in [4.69, 9.17) is 4.74 Å². The summed E-state index contributed by atoms with van der Waals surface area (Å²) in [6, 6.07) is 6.10. The standard InChI is InChI=1S/C22H33N5O3.C6H10O2/c1-17(6-9-21(29)23-16-28)27-19-8-7-18(15-20(19)25(3)22(27)30)5-4-10-26-13-11-24(2)12-14-26;7-5-6-3-1-2-4-8-6/h7-8,15-17H,4-6,9-14H2,1-3H3,(H,23,28,29);5-6H,1-4H2. The first-order valence-corrected chi connectivity index (χ1v) is 13.7. The fourth-order valence-electron chi connectivity index (χ4n) is 5.05. The van der Waals surface area contributed by atoms with Crippen LogP contribution in [0.25, 0.3) is 11.0 Å². The summed E-state index contributed by atoms with van der Waals surface area (Å²) in [4.78, 5) is 49.7. The van der Waals surface area contributed by atoms with Gasteiger partial charge in [0.15, 0.2) is 0 Å². The van der Waals surface area contributed by atoms with E-state index in [-0.39, 0.29) is 30.2 Å². The Morgan fingerprint density at radius 3 is 2.53 bits per heavy atom. The number of nitrogens with zero attached hydrogens (tertiary/aromatic N) is 4. The van der Waals surface area contributed by atoms with Gasteiger partial charge in [0.2, 0.25) is 12.3 Å². The van der Waals surface area contributed by atoms with Crippen LogP contribution in [0, 0.1) is 0 Å². The second kappa shape index (κ2) is 14.9. The molecule has 2 aliphatic rings. The van der Waals surface area contributed by atoms with E-state index in [9.17, 15) is 19.2 Å². The lowest BCUT2D eigenvalue weighted by atomic mass is 10.1. The minimum Gasteiger partial charge on any atom is -0.371 e. The molecule has 38 heavy (non-hydrogen) atoms. The topological polar surface area (TPSA) is 106 Å². The summed E-state index contributed by atoms with van der Waals surface area (Å²) in [6.45, 7) is 8.34. The fraction of sp³-hybridized carbons (Fsp3) is 0.643. The lowest BCUT2D eigenvalue weighted by Gasteiger charge is -2.32. The van der Waals surface area contributed by atoms with Crippen LogP contribution in [0.2, 0.25) is 0 Å². The van der Waals surface area contributed by atoms with Crippen LogP contribution in [0.1, 0.15) is 57.1 Å². The Morgan fingerprint density at radius 2 is 1.89 bits per heavy atom. The Balaban J connectivity index is 0.000000427. The van der Waals surface area contributed by atoms with Crippen molar-refractivity contribution in [3.05, 3.63) is 34.2 Å². The molecule has 2 aromatic rings. The number of ether oxygens (including phenoxy) is 1. The number of carbonyl (C=O) groups excluding carboxylic acids is 3. The van der Waals surface area contributed by atoms with Gasteiger partial charge in [0.25, 0.3) is 0 Å². The SMILES string of the molecule is CC(CCC(=O)NC=O)n1c(=O)n(C)c2cc(CCCN3CCN(C)CC3)ccc21.O=CC1CCCCO1. The Hall–Kier alpha value is -2.82. The van der Waals surface area contributed by atoms with Crippen LogP contribution in [0.5, 0.6) is 0 Å². The monoisotopic (exact) mass is 529 g/mol. The number of aromatic nitrogens is 2. The summed E-state index contributed by atoms with van der Waals surface area (Å²) >= 11 is 0. The zero-order valence-electron chi connectivity index (χ0n) is 23.1. The maximum absolute atomic E-state index is 12.8. The van der Waals surface area contributed by atoms with Crippen molar-refractivity contribution in [3.8, 4) is 0 Å². The molecule has 2 aliphatic heterocycles. The van der Waals surface area contributed by atoms with E-state index in [2.05, 4.69) is 34.3 Å². The van der Waals surface area contributed by atoms with E-state index in [1.165, 1.54) is 5.56 Å². The van der Waals surface area contributed by atoms with Crippen molar-refractivity contribution in [2.24, 2.45) is 7.05 Å². The molecule has 10 nitrogen and oxygen atoms in total. The van der Waals surface area contributed by atoms with Crippen LogP contribution in [-0.4, -0.2) is 90.0 Å². The number of imidazole rings is 1. The van der Waals surface area contributed by atoms with Gasteiger partial charge in [0, 0.05) is 52.3 Å². The highest BCUT2D eigenvalue weighted by atomic mass is 16.5. The molecule has 1 N–H and O–H groups in total. The number of aldehydes is 1. The molecule has 0 bridgehead atoms. The third-order valence-electron chi connectivity index (χ3n) is 7.51. The molecule has 2 atom stereocenters. The van der Waals surface area contributed by atoms with Crippen LogP contribution >= 0.6 is 0 Å². The molecule has 10 heteroatoms. The quantitative estimate of drug-likeness (QED) is 0.469. The number of piperazine rings is 1. The van der Waals surface area contributed by atoms with Crippen molar-refractivity contribution >= 4 is 29.6 Å². The highest BCUT2D eigenvalue weighted by Crippen LogP contribution is 2.22. The van der Waals surface area contributed by atoms with Crippen LogP contribution in [0.3, 0.4) is 0 Å². The van der Waals surface area contributed by atoms with Crippen molar-refractivity contribution < 1.29 is 19.1 Å². The second-order valence-electron chi connectivity index (χ2n) is 10.4. The molecule has 210 valence electrons. The van der Waals surface area contributed by atoms with Gasteiger partial charge in [0.1, 0.15) is 12.4 Å². The molecule has 3 heterocycles. The number of amides is 2. The average molecular weight is 530 g/mol. The van der Waals surface area contributed by atoms with Gasteiger partial charge in [0.05, 0.1) is 11.0 Å². The largest absolute Gasteiger partial charge is 0.371 e. The molecule has 1 aromatic heterocycles. The van der Waals surface area contributed by atoms with Crippen molar-refractivity contribution in [1.29, 1.82) is 0 Å². The lowest BCUT2D eigenvalue weighted by Crippen LogP contribution is -2.44. The lowest BCUT2D eigenvalue weighted by molar-refractivity contribution is -0.125. The van der Waals surface area contributed by atoms with Gasteiger partial charge in [-0.1, -0.05) is 6.07 Å². The zero-order valence-corrected chi connectivity index (χ0v) is 23.1. The summed E-state index contributed by atoms with van der Waals surface area (Å²) in [6.07, 6.45) is 7.15. The fourth-order valence-corrected chi connectivity index (χ4v) is 5.05. The highest BCUT2D eigenvalue weighted by molar-refractivity contribution is 5.85. The van der Waals surface area contributed by atoms with Crippen LogP contribution in [-0.2, 0) is 32.6 Å². The Morgan fingerprint density at radius 1 is 1.13 bits per heavy atom. The minimum atomic E-state index is -0.326. The number of hydrogen-bond acceptors (Lipinski definition) is 7. The first kappa shape index (κ1) is 29.7. The molecule has 2 saturated heterocycles. The third kappa shape index (κ3) is 8.34. The van der Waals surface area contributed by atoms with Crippen molar-refractivity contribution in [2.45, 2.75) is 64.0 Å². The molecule has 0 saturated carbocycles. The van der Waals surface area contributed by atoms with E-state index in [0.29, 0.717) is 12.8 Å². The van der Waals surface area contributed by atoms with E-state index in [1.54, 1.807) is 16.2 Å². The molecule has 0 aliphatic carbocycles. The Kier molecular flexibility index (Phi) is 11.7. The van der Waals surface area contributed by atoms with Gasteiger partial charge >= 0.3 is 5.69 Å². The second-order valence-corrected chi connectivity index (χ2v) is 10.4. The zero-order chi connectivity index (χ0) is 27.5. The van der Waals surface area contributed by atoms with Gasteiger partial charge in [-0.25, -0.2) is 4.79 Å². The smallest absolute Gasteiger partial charge is 0.329 e. The molecule has 2 fully saturated rings. The van der Waals surface area contributed by atoms with Gasteiger partial charge in [-0.3, -0.25) is 24.0 Å². The van der Waals surface area contributed by atoms with Crippen molar-refractivity contribution in [1.82, 2.24) is 24.3 Å². The molecule has 2 amide bonds. The van der Waals surface area contributed by atoms with Gasteiger partial charge in [-0.15, -0.1) is 0 Å². The number of benzene rings is 1. The molecular weight excluding hydrogens is 486 g/mol. The van der Waals surface area contributed by atoms with E-state index >= 15 is 0 Å². The van der Waals surface area contributed by atoms with Crippen LogP contribution in [0.4, 0.5) is 0 Å². The van der Waals surface area contributed by atoms with Crippen LogP contribution < -0.4 is 11.0 Å². The molecule has 1 aromatic carbocycles. The maximum Gasteiger partial charge on any atom is 0.329 e. The maximum atomic E-state index is 12.8. The molecule has 0 spiro atoms. The first-order valence-electron chi connectivity index (χ1n) is 13.7.